The van der Waals surface area contributed by atoms with Crippen LogP contribution in [0.1, 0.15) is 6.42 Å². The van der Waals surface area contributed by atoms with E-state index in [1.54, 1.807) is 16.9 Å². The molecule has 0 bridgehead atoms. The largest absolute Gasteiger partial charge is 0.493 e. The van der Waals surface area contributed by atoms with E-state index < -0.39 is 10.0 Å². The Balaban J connectivity index is 1.97. The number of hydrogen-bond acceptors (Lipinski definition) is 5. The molecule has 0 aliphatic carbocycles. The van der Waals surface area contributed by atoms with Gasteiger partial charge in [0.25, 0.3) is 0 Å². The number of hydrogen-bond donors (Lipinski definition) is 1. The van der Waals surface area contributed by atoms with Crippen LogP contribution in [0.25, 0.3) is 0 Å². The number of benzene rings is 1. The van der Waals surface area contributed by atoms with Crippen LogP contribution >= 0.6 is 0 Å². The van der Waals surface area contributed by atoms with Gasteiger partial charge < -0.3 is 9.47 Å². The first-order chi connectivity index (χ1) is 10.6. The van der Waals surface area contributed by atoms with Gasteiger partial charge in [0.2, 0.25) is 10.0 Å². The molecule has 0 radical (unpaired) electrons. The maximum Gasteiger partial charge on any atom is 0.240 e. The molecule has 22 heavy (non-hydrogen) atoms. The van der Waals surface area contributed by atoms with Crippen LogP contribution in [0, 0.1) is 0 Å². The highest BCUT2D eigenvalue weighted by molar-refractivity contribution is 7.89. The first kappa shape index (κ1) is 16.3. The van der Waals surface area contributed by atoms with Crippen LogP contribution in [-0.4, -0.2) is 39.0 Å². The van der Waals surface area contributed by atoms with Gasteiger partial charge in [-0.25, -0.2) is 13.1 Å². The summed E-state index contributed by atoms with van der Waals surface area (Å²) in [6.07, 6.45) is 4.17. The lowest BCUT2D eigenvalue weighted by molar-refractivity contribution is 0.354. The maximum absolute atomic E-state index is 12.2. The van der Waals surface area contributed by atoms with Crippen LogP contribution in [0.3, 0.4) is 0 Å². The summed E-state index contributed by atoms with van der Waals surface area (Å²) in [5, 5.41) is 4.06. The van der Waals surface area contributed by atoms with Crippen molar-refractivity contribution in [1.82, 2.24) is 14.5 Å². The molecule has 0 amide bonds. The van der Waals surface area contributed by atoms with Crippen LogP contribution in [0.4, 0.5) is 0 Å². The zero-order valence-corrected chi connectivity index (χ0v) is 13.3. The fourth-order valence-electron chi connectivity index (χ4n) is 1.95. The van der Waals surface area contributed by atoms with Crippen molar-refractivity contribution in [3.63, 3.8) is 0 Å². The van der Waals surface area contributed by atoms with Crippen LogP contribution in [0.2, 0.25) is 0 Å². The molecule has 0 unspecified atom stereocenters. The van der Waals surface area contributed by atoms with Crippen molar-refractivity contribution in [3.8, 4) is 11.5 Å². The monoisotopic (exact) mass is 325 g/mol. The summed E-state index contributed by atoms with van der Waals surface area (Å²) >= 11 is 0. The third kappa shape index (κ3) is 3.99. The highest BCUT2D eigenvalue weighted by Gasteiger charge is 2.16. The molecule has 120 valence electrons. The Morgan fingerprint density at radius 3 is 2.64 bits per heavy atom. The third-order valence-electron chi connectivity index (χ3n) is 3.08. The number of methoxy groups -OCH3 is 2. The third-order valence-corrected chi connectivity index (χ3v) is 4.54. The minimum atomic E-state index is -3.57. The summed E-state index contributed by atoms with van der Waals surface area (Å²) in [5.74, 6) is 0.863. The van der Waals surface area contributed by atoms with Gasteiger partial charge in [-0.3, -0.25) is 4.68 Å². The number of nitrogens with zero attached hydrogens (tertiary/aromatic N) is 2. The standard InChI is InChI=1S/C14H19N3O4S/c1-20-13-6-5-12(11-14(13)21-2)22(18,19)16-8-4-10-17-9-3-7-15-17/h3,5-7,9,11,16H,4,8,10H2,1-2H3. The molecular weight excluding hydrogens is 306 g/mol. The molecule has 0 saturated heterocycles. The summed E-state index contributed by atoms with van der Waals surface area (Å²) in [6, 6.07) is 6.32. The lowest BCUT2D eigenvalue weighted by Crippen LogP contribution is -2.25. The maximum atomic E-state index is 12.2. The molecule has 1 aromatic carbocycles. The minimum absolute atomic E-state index is 0.143. The number of aromatic nitrogens is 2. The van der Waals surface area contributed by atoms with Crippen LogP contribution in [0.15, 0.2) is 41.6 Å². The van der Waals surface area contributed by atoms with Crippen molar-refractivity contribution >= 4 is 10.0 Å². The van der Waals surface area contributed by atoms with Gasteiger partial charge in [-0.2, -0.15) is 5.10 Å². The summed E-state index contributed by atoms with van der Waals surface area (Å²) < 4.78 is 39.0. The predicted molar refractivity (Wildman–Crippen MR) is 81.6 cm³/mol. The van der Waals surface area contributed by atoms with E-state index in [4.69, 9.17) is 9.47 Å². The Bertz CT molecular complexity index is 699. The molecule has 0 aliphatic rings. The average Bonchev–Trinajstić information content (AvgIpc) is 3.04. The smallest absolute Gasteiger partial charge is 0.240 e. The molecule has 8 heteroatoms. The molecule has 0 saturated carbocycles. The van der Waals surface area contributed by atoms with Crippen LogP contribution in [0.5, 0.6) is 11.5 Å². The SMILES string of the molecule is COc1ccc(S(=O)(=O)NCCCn2cccn2)cc1OC. The topological polar surface area (TPSA) is 82.5 Å². The normalized spacial score (nSPS) is 11.4. The Kier molecular flexibility index (Phi) is 5.40. The van der Waals surface area contributed by atoms with E-state index in [1.165, 1.54) is 26.4 Å². The van der Waals surface area contributed by atoms with Gasteiger partial charge in [0.15, 0.2) is 11.5 Å². The highest BCUT2D eigenvalue weighted by Crippen LogP contribution is 2.29. The molecule has 2 rings (SSSR count). The van der Waals surface area contributed by atoms with Crippen molar-refractivity contribution in [2.45, 2.75) is 17.9 Å². The van der Waals surface area contributed by atoms with Crippen molar-refractivity contribution in [3.05, 3.63) is 36.7 Å². The summed E-state index contributed by atoms with van der Waals surface area (Å²) in [4.78, 5) is 0.143. The Morgan fingerprint density at radius 1 is 1.23 bits per heavy atom. The number of ether oxygens (including phenoxy) is 2. The number of aryl methyl sites for hydroxylation is 1. The summed E-state index contributed by atoms with van der Waals surface area (Å²) in [7, 11) is -0.611. The molecule has 7 nitrogen and oxygen atoms in total. The van der Waals surface area contributed by atoms with Gasteiger partial charge in [-0.1, -0.05) is 0 Å². The zero-order valence-electron chi connectivity index (χ0n) is 12.5. The molecule has 2 aromatic rings. The van der Waals surface area contributed by atoms with E-state index in [1.807, 2.05) is 12.3 Å². The second kappa shape index (κ2) is 7.28. The molecule has 0 spiro atoms. The molecule has 0 aliphatic heterocycles. The van der Waals surface area contributed by atoms with Gasteiger partial charge in [-0.05, 0) is 24.6 Å². The van der Waals surface area contributed by atoms with E-state index >= 15 is 0 Å². The summed E-state index contributed by atoms with van der Waals surface area (Å²) in [5.41, 5.74) is 0. The van der Waals surface area contributed by atoms with E-state index in [0.29, 0.717) is 31.0 Å². The van der Waals surface area contributed by atoms with Gasteiger partial charge in [0.1, 0.15) is 0 Å². The van der Waals surface area contributed by atoms with Crippen LogP contribution in [-0.2, 0) is 16.6 Å². The second-order valence-electron chi connectivity index (χ2n) is 4.54. The van der Waals surface area contributed by atoms with Crippen molar-refractivity contribution in [2.75, 3.05) is 20.8 Å². The van der Waals surface area contributed by atoms with E-state index in [9.17, 15) is 8.42 Å². The first-order valence-corrected chi connectivity index (χ1v) is 8.24. The molecule has 0 atom stereocenters. The van der Waals surface area contributed by atoms with E-state index in [0.717, 1.165) is 0 Å². The van der Waals surface area contributed by atoms with Gasteiger partial charge >= 0.3 is 0 Å². The molecule has 1 N–H and O–H groups in total. The van der Waals surface area contributed by atoms with Gasteiger partial charge in [0, 0.05) is 31.5 Å². The number of rotatable bonds is 8. The highest BCUT2D eigenvalue weighted by atomic mass is 32.2. The summed E-state index contributed by atoms with van der Waals surface area (Å²) in [6.45, 7) is 0.984. The van der Waals surface area contributed by atoms with Crippen molar-refractivity contribution in [1.29, 1.82) is 0 Å². The van der Waals surface area contributed by atoms with E-state index in [2.05, 4.69) is 9.82 Å². The number of nitrogens with one attached hydrogen (secondary N) is 1. The minimum Gasteiger partial charge on any atom is -0.493 e. The molecule has 1 heterocycles. The second-order valence-corrected chi connectivity index (χ2v) is 6.30. The van der Waals surface area contributed by atoms with Gasteiger partial charge in [0.05, 0.1) is 19.1 Å². The van der Waals surface area contributed by atoms with Crippen molar-refractivity contribution in [2.24, 2.45) is 0 Å². The lowest BCUT2D eigenvalue weighted by atomic mass is 10.3. The van der Waals surface area contributed by atoms with Crippen molar-refractivity contribution < 1.29 is 17.9 Å². The zero-order chi connectivity index (χ0) is 16.0. The molecular formula is C14H19N3O4S. The van der Waals surface area contributed by atoms with Gasteiger partial charge in [-0.15, -0.1) is 0 Å². The molecule has 0 fully saturated rings. The molecule has 1 aromatic heterocycles. The fraction of sp³-hybridized carbons (Fsp3) is 0.357. The first-order valence-electron chi connectivity index (χ1n) is 6.76. The Morgan fingerprint density at radius 2 is 2.00 bits per heavy atom. The van der Waals surface area contributed by atoms with Crippen LogP contribution < -0.4 is 14.2 Å². The quantitative estimate of drug-likeness (QED) is 0.739. The predicted octanol–water partition coefficient (Wildman–Crippen LogP) is 1.27. The fourth-order valence-corrected chi connectivity index (χ4v) is 3.04. The number of sulfonamides is 1. The Hall–Kier alpha value is -2.06. The average molecular weight is 325 g/mol. The van der Waals surface area contributed by atoms with E-state index in [-0.39, 0.29) is 4.90 Å². The lowest BCUT2D eigenvalue weighted by Gasteiger charge is -2.11. The Labute approximate surface area is 129 Å².